The van der Waals surface area contributed by atoms with Crippen LogP contribution in [0.5, 0.6) is 11.5 Å². The minimum atomic E-state index is -0.0707. The number of thioether (sulfide) groups is 1. The second-order valence-corrected chi connectivity index (χ2v) is 16.8. The van der Waals surface area contributed by atoms with Crippen molar-refractivity contribution in [2.24, 2.45) is 0 Å². The smallest absolute Gasteiger partial charge is 0.123 e. The molecule has 3 heteroatoms. The third-order valence-corrected chi connectivity index (χ3v) is 8.73. The predicted molar refractivity (Wildman–Crippen MR) is 174 cm³/mol. The summed E-state index contributed by atoms with van der Waals surface area (Å²) >= 11 is 2.08. The molecule has 0 spiro atoms. The lowest BCUT2D eigenvalue weighted by Gasteiger charge is -2.28. The van der Waals surface area contributed by atoms with Crippen molar-refractivity contribution in [2.45, 2.75) is 143 Å². The van der Waals surface area contributed by atoms with Gasteiger partial charge in [-0.15, -0.1) is 0 Å². The van der Waals surface area contributed by atoms with Crippen LogP contribution in [0.2, 0.25) is 0 Å². The van der Waals surface area contributed by atoms with Gasteiger partial charge in [0.15, 0.2) is 0 Å². The third-order valence-electron chi connectivity index (χ3n) is 7.58. The van der Waals surface area contributed by atoms with Crippen molar-refractivity contribution < 1.29 is 10.2 Å². The number of unbranched alkanes of at least 4 members (excludes halogenated alkanes) is 2. The maximum Gasteiger partial charge on any atom is 0.123 e. The van der Waals surface area contributed by atoms with Crippen molar-refractivity contribution in [1.82, 2.24) is 0 Å². The Bertz CT molecular complexity index is 927. The van der Waals surface area contributed by atoms with Crippen LogP contribution >= 0.6 is 11.8 Å². The molecule has 0 saturated carbocycles. The van der Waals surface area contributed by atoms with Crippen molar-refractivity contribution >= 4 is 11.8 Å². The number of phenols is 2. The molecule has 0 aliphatic rings. The van der Waals surface area contributed by atoms with Crippen LogP contribution in [0, 0.1) is 0 Å². The first-order valence-electron chi connectivity index (χ1n) is 15.0. The fourth-order valence-corrected chi connectivity index (χ4v) is 6.15. The molecule has 2 N–H and O–H groups in total. The summed E-state index contributed by atoms with van der Waals surface area (Å²) in [5.74, 6) is 3.37. The number of hydrogen-bond donors (Lipinski definition) is 2. The van der Waals surface area contributed by atoms with Gasteiger partial charge in [-0.05, 0) is 105 Å². The van der Waals surface area contributed by atoms with Gasteiger partial charge in [-0.1, -0.05) is 107 Å². The van der Waals surface area contributed by atoms with E-state index in [1.165, 1.54) is 48.3 Å². The lowest BCUT2D eigenvalue weighted by molar-refractivity contribution is 0.421. The topological polar surface area (TPSA) is 40.5 Å². The zero-order valence-electron chi connectivity index (χ0n) is 27.3. The van der Waals surface area contributed by atoms with E-state index in [2.05, 4.69) is 119 Å². The number of aryl methyl sites for hydroxylation is 2. The Kier molecular flexibility index (Phi) is 11.1. The van der Waals surface area contributed by atoms with Crippen molar-refractivity contribution in [3.8, 4) is 11.5 Å². The molecule has 2 nitrogen and oxygen atoms in total. The lowest BCUT2D eigenvalue weighted by atomic mass is 9.78. The summed E-state index contributed by atoms with van der Waals surface area (Å²) in [4.78, 5) is 0. The molecule has 2 rings (SSSR count). The molecule has 220 valence electrons. The highest BCUT2D eigenvalue weighted by Crippen LogP contribution is 2.41. The van der Waals surface area contributed by atoms with E-state index in [1.54, 1.807) is 0 Å². The summed E-state index contributed by atoms with van der Waals surface area (Å²) < 4.78 is 0. The molecule has 0 heterocycles. The van der Waals surface area contributed by atoms with Crippen LogP contribution in [0.25, 0.3) is 0 Å². The monoisotopic (exact) mass is 554 g/mol. The van der Waals surface area contributed by atoms with Gasteiger partial charge in [-0.2, -0.15) is 11.8 Å². The normalized spacial score (nSPS) is 13.2. The molecule has 0 bridgehead atoms. The van der Waals surface area contributed by atoms with Gasteiger partial charge in [-0.3, -0.25) is 0 Å². The molecule has 0 atom stereocenters. The quantitative estimate of drug-likeness (QED) is 0.287. The zero-order chi connectivity index (χ0) is 29.8. The Morgan fingerprint density at radius 2 is 0.718 bits per heavy atom. The number of aromatic hydroxyl groups is 2. The molecule has 0 aliphatic heterocycles. The van der Waals surface area contributed by atoms with Crippen LogP contribution in [0.3, 0.4) is 0 Å². The first-order chi connectivity index (χ1) is 17.7. The first kappa shape index (κ1) is 33.6. The Morgan fingerprint density at radius 3 is 0.949 bits per heavy atom. The van der Waals surface area contributed by atoms with Crippen molar-refractivity contribution in [3.05, 3.63) is 57.6 Å². The van der Waals surface area contributed by atoms with Gasteiger partial charge in [0.05, 0.1) is 0 Å². The largest absolute Gasteiger partial charge is 0.507 e. The van der Waals surface area contributed by atoms with Crippen molar-refractivity contribution in [3.63, 3.8) is 0 Å². The van der Waals surface area contributed by atoms with Gasteiger partial charge in [0.25, 0.3) is 0 Å². The minimum absolute atomic E-state index is 0.0707. The summed E-state index contributed by atoms with van der Waals surface area (Å²) in [5.41, 5.74) is 6.69. The summed E-state index contributed by atoms with van der Waals surface area (Å²) in [6.45, 7) is 26.2. The summed E-state index contributed by atoms with van der Waals surface area (Å²) in [7, 11) is 0. The van der Waals surface area contributed by atoms with Gasteiger partial charge in [-0.25, -0.2) is 0 Å². The molecular weight excluding hydrogens is 496 g/mol. The Labute approximate surface area is 245 Å². The Balaban J connectivity index is 1.84. The van der Waals surface area contributed by atoms with Crippen LogP contribution in [0.1, 0.15) is 142 Å². The van der Waals surface area contributed by atoms with Crippen LogP contribution in [-0.2, 0) is 34.5 Å². The molecule has 0 fully saturated rings. The number of rotatable bonds is 10. The predicted octanol–water partition coefficient (Wildman–Crippen LogP) is 10.4. The van der Waals surface area contributed by atoms with E-state index >= 15 is 0 Å². The van der Waals surface area contributed by atoms with Crippen LogP contribution in [0.15, 0.2) is 24.3 Å². The Morgan fingerprint density at radius 1 is 0.462 bits per heavy atom. The average Bonchev–Trinajstić information content (AvgIpc) is 2.76. The summed E-state index contributed by atoms with van der Waals surface area (Å²) in [6, 6.07) is 8.93. The van der Waals surface area contributed by atoms with Gasteiger partial charge < -0.3 is 10.2 Å². The van der Waals surface area contributed by atoms with E-state index in [1.807, 2.05) is 0 Å². The standard InChI is InChI=1S/C36H58O2S/c1-33(2,3)27-21-25(22-28(31(27)37)34(4,5)6)17-13-15-19-39-20-16-14-18-26-23-29(35(7,8)9)32(38)30(24-26)36(10,11)12/h21-24,37-38H,13-20H2,1-12H3. The first-order valence-corrected chi connectivity index (χ1v) is 16.2. The minimum Gasteiger partial charge on any atom is -0.507 e. The molecule has 0 unspecified atom stereocenters. The third kappa shape index (κ3) is 9.76. The molecule has 39 heavy (non-hydrogen) atoms. The molecule has 0 aliphatic carbocycles. The number of hydrogen-bond acceptors (Lipinski definition) is 3. The lowest BCUT2D eigenvalue weighted by Crippen LogP contribution is -2.18. The van der Waals surface area contributed by atoms with E-state index in [0.29, 0.717) is 11.5 Å². The molecule has 0 saturated heterocycles. The highest BCUT2D eigenvalue weighted by Gasteiger charge is 2.27. The fraction of sp³-hybridized carbons (Fsp3) is 0.667. The summed E-state index contributed by atoms with van der Waals surface area (Å²) in [5, 5.41) is 21.9. The van der Waals surface area contributed by atoms with Gasteiger partial charge in [0.1, 0.15) is 11.5 Å². The van der Waals surface area contributed by atoms with Crippen LogP contribution in [-0.4, -0.2) is 21.7 Å². The van der Waals surface area contributed by atoms with Gasteiger partial charge in [0.2, 0.25) is 0 Å². The highest BCUT2D eigenvalue weighted by molar-refractivity contribution is 7.99. The van der Waals surface area contributed by atoms with Crippen LogP contribution < -0.4 is 0 Å². The molecule has 2 aromatic carbocycles. The fourth-order valence-electron chi connectivity index (χ4n) is 5.13. The van der Waals surface area contributed by atoms with E-state index in [9.17, 15) is 10.2 Å². The van der Waals surface area contributed by atoms with Gasteiger partial charge in [0, 0.05) is 0 Å². The molecular formula is C36H58O2S. The van der Waals surface area contributed by atoms with Crippen molar-refractivity contribution in [1.29, 1.82) is 0 Å². The van der Waals surface area contributed by atoms with E-state index < -0.39 is 0 Å². The second kappa shape index (κ2) is 12.9. The van der Waals surface area contributed by atoms with Crippen molar-refractivity contribution in [2.75, 3.05) is 11.5 Å². The second-order valence-electron chi connectivity index (χ2n) is 15.6. The molecule has 0 amide bonds. The number of benzene rings is 2. The molecule has 2 aromatic rings. The highest BCUT2D eigenvalue weighted by atomic mass is 32.2. The van der Waals surface area contributed by atoms with Crippen LogP contribution in [0.4, 0.5) is 0 Å². The van der Waals surface area contributed by atoms with E-state index in [0.717, 1.165) is 35.1 Å². The molecule has 0 radical (unpaired) electrons. The van der Waals surface area contributed by atoms with E-state index in [4.69, 9.17) is 0 Å². The zero-order valence-corrected chi connectivity index (χ0v) is 28.1. The van der Waals surface area contributed by atoms with Gasteiger partial charge >= 0.3 is 0 Å². The average molecular weight is 555 g/mol. The summed E-state index contributed by atoms with van der Waals surface area (Å²) in [6.07, 6.45) is 6.96. The van der Waals surface area contributed by atoms with E-state index in [-0.39, 0.29) is 21.7 Å². The Hall–Kier alpha value is -1.61. The molecule has 0 aromatic heterocycles. The maximum atomic E-state index is 11.0. The number of phenolic OH excluding ortho intramolecular Hbond substituents is 2. The SMILES string of the molecule is CC(C)(C)c1cc(CCCCSCCCCc2cc(C(C)(C)C)c(O)c(C(C)(C)C)c2)cc(C(C)(C)C)c1O. The maximum absolute atomic E-state index is 11.0.